The lowest BCUT2D eigenvalue weighted by Gasteiger charge is -2.61. The zero-order valence-corrected chi connectivity index (χ0v) is 21.4. The van der Waals surface area contributed by atoms with Crippen molar-refractivity contribution >= 4 is 5.97 Å². The lowest BCUT2D eigenvalue weighted by Crippen LogP contribution is -2.53. The molecule has 8 atom stereocenters. The molecule has 0 amide bonds. The largest absolute Gasteiger partial charge is 0.462 e. The summed E-state index contributed by atoms with van der Waals surface area (Å²) in [5.74, 6) is 5.50. The minimum atomic E-state index is 0.0794. The number of ether oxygens (including phenoxy) is 1. The second kappa shape index (κ2) is 9.26. The topological polar surface area (TPSA) is 26.3 Å². The van der Waals surface area contributed by atoms with Crippen molar-refractivity contribution in [3.05, 3.63) is 0 Å². The molecular weight excluding hydrogens is 392 g/mol. The highest BCUT2D eigenvalue weighted by Crippen LogP contribution is 2.68. The van der Waals surface area contributed by atoms with E-state index in [0.717, 1.165) is 48.9 Å². The maximum atomic E-state index is 12.5. The van der Waals surface area contributed by atoms with E-state index in [-0.39, 0.29) is 12.1 Å². The number of carbonyl (C=O) groups excluding carboxylic acids is 1. The van der Waals surface area contributed by atoms with E-state index in [1.807, 2.05) is 0 Å². The van der Waals surface area contributed by atoms with E-state index < -0.39 is 0 Å². The molecular formula is C30H50O2. The van der Waals surface area contributed by atoms with E-state index >= 15 is 0 Å². The van der Waals surface area contributed by atoms with E-state index in [0.29, 0.717) is 23.2 Å². The average molecular weight is 443 g/mol. The van der Waals surface area contributed by atoms with E-state index in [1.165, 1.54) is 83.5 Å². The first kappa shape index (κ1) is 23.2. The third-order valence-electron chi connectivity index (χ3n) is 12.0. The van der Waals surface area contributed by atoms with Crippen LogP contribution < -0.4 is 0 Å². The van der Waals surface area contributed by atoms with Crippen molar-refractivity contribution in [3.8, 4) is 0 Å². The van der Waals surface area contributed by atoms with Crippen LogP contribution in [-0.4, -0.2) is 12.1 Å². The summed E-state index contributed by atoms with van der Waals surface area (Å²) < 4.78 is 5.83. The van der Waals surface area contributed by atoms with Gasteiger partial charge >= 0.3 is 5.97 Å². The Bertz CT molecular complexity index is 666. The monoisotopic (exact) mass is 442 g/mol. The van der Waals surface area contributed by atoms with Gasteiger partial charge in [0.25, 0.3) is 0 Å². The summed E-state index contributed by atoms with van der Waals surface area (Å²) in [7, 11) is 0. The second-order valence-corrected chi connectivity index (χ2v) is 13.4. The smallest absolute Gasteiger partial charge is 0.306 e. The standard InChI is InChI=1S/C30H50O2/c1-21(12-17-28(31)32-23-10-5-4-6-11-23)25-15-16-26-24-14-13-22-9-7-8-19-29(22,2)27(24)18-20-30(25,26)3/h21-27H,4-20H2,1-3H3/t21-,22?,24+,25-,26+,27+,29+,30-/m1/s1. The van der Waals surface area contributed by atoms with Crippen LogP contribution in [0.1, 0.15) is 130 Å². The van der Waals surface area contributed by atoms with Crippen molar-refractivity contribution < 1.29 is 9.53 Å². The number of carbonyl (C=O) groups is 1. The fourth-order valence-electron chi connectivity index (χ4n) is 10.2. The quantitative estimate of drug-likeness (QED) is 0.400. The lowest BCUT2D eigenvalue weighted by molar-refractivity contribution is -0.151. The highest BCUT2D eigenvalue weighted by atomic mass is 16.5. The summed E-state index contributed by atoms with van der Waals surface area (Å²) in [4.78, 5) is 12.5. The van der Waals surface area contributed by atoms with E-state index in [9.17, 15) is 4.79 Å². The Kier molecular flexibility index (Phi) is 6.72. The molecule has 0 bridgehead atoms. The molecule has 2 heteroatoms. The zero-order valence-electron chi connectivity index (χ0n) is 21.4. The summed E-state index contributed by atoms with van der Waals surface area (Å²) in [6.07, 6.45) is 22.7. The Morgan fingerprint density at radius 1 is 0.812 bits per heavy atom. The molecule has 0 aromatic carbocycles. The van der Waals surface area contributed by atoms with Crippen LogP contribution in [0.25, 0.3) is 0 Å². The third kappa shape index (κ3) is 4.08. The normalized spacial score (nSPS) is 45.4. The van der Waals surface area contributed by atoms with E-state index in [1.54, 1.807) is 0 Å². The van der Waals surface area contributed by atoms with Gasteiger partial charge < -0.3 is 4.74 Å². The second-order valence-electron chi connectivity index (χ2n) is 13.4. The van der Waals surface area contributed by atoms with Crippen molar-refractivity contribution in [1.82, 2.24) is 0 Å². The maximum Gasteiger partial charge on any atom is 0.306 e. The molecule has 32 heavy (non-hydrogen) atoms. The van der Waals surface area contributed by atoms with Gasteiger partial charge in [0.2, 0.25) is 0 Å². The molecule has 182 valence electrons. The van der Waals surface area contributed by atoms with Crippen molar-refractivity contribution in [3.63, 3.8) is 0 Å². The SMILES string of the molecule is C[C@H](CCC(=O)OC1CCCCC1)[C@H]1CC[C@H]2[C@@H]3CCC4CCCC[C@]4(C)[C@H]3CC[C@]12C. The van der Waals surface area contributed by atoms with Crippen LogP contribution in [0.5, 0.6) is 0 Å². The summed E-state index contributed by atoms with van der Waals surface area (Å²) in [5, 5.41) is 0. The predicted octanol–water partition coefficient (Wildman–Crippen LogP) is 8.33. The summed E-state index contributed by atoms with van der Waals surface area (Å²) in [5.41, 5.74) is 1.17. The molecule has 2 nitrogen and oxygen atoms in total. The fourth-order valence-corrected chi connectivity index (χ4v) is 10.2. The van der Waals surface area contributed by atoms with Crippen LogP contribution in [0.3, 0.4) is 0 Å². The van der Waals surface area contributed by atoms with Crippen molar-refractivity contribution in [2.24, 2.45) is 46.3 Å². The number of fused-ring (bicyclic) bond motifs is 5. The molecule has 0 radical (unpaired) electrons. The molecule has 0 saturated heterocycles. The number of hydrogen-bond acceptors (Lipinski definition) is 2. The molecule has 0 aromatic heterocycles. The van der Waals surface area contributed by atoms with Crippen LogP contribution in [0.2, 0.25) is 0 Å². The van der Waals surface area contributed by atoms with Gasteiger partial charge in [0.1, 0.15) is 6.10 Å². The van der Waals surface area contributed by atoms with Gasteiger partial charge in [-0.15, -0.1) is 0 Å². The fraction of sp³-hybridized carbons (Fsp3) is 0.967. The zero-order chi connectivity index (χ0) is 22.3. The van der Waals surface area contributed by atoms with Gasteiger partial charge in [-0.1, -0.05) is 40.0 Å². The van der Waals surface area contributed by atoms with Crippen molar-refractivity contribution in [1.29, 1.82) is 0 Å². The highest BCUT2D eigenvalue weighted by molar-refractivity contribution is 5.69. The van der Waals surface area contributed by atoms with E-state index in [4.69, 9.17) is 4.74 Å². The lowest BCUT2D eigenvalue weighted by atomic mass is 9.44. The van der Waals surface area contributed by atoms with Crippen LogP contribution in [0.15, 0.2) is 0 Å². The number of hydrogen-bond donors (Lipinski definition) is 0. The third-order valence-corrected chi connectivity index (χ3v) is 12.0. The molecule has 5 aliphatic rings. The molecule has 5 rings (SSSR count). The number of rotatable bonds is 5. The summed E-state index contributed by atoms with van der Waals surface area (Å²) >= 11 is 0. The van der Waals surface area contributed by atoms with E-state index in [2.05, 4.69) is 20.8 Å². The van der Waals surface area contributed by atoms with Gasteiger partial charge in [0, 0.05) is 6.42 Å². The number of esters is 1. The Morgan fingerprint density at radius 2 is 1.56 bits per heavy atom. The molecule has 1 unspecified atom stereocenters. The molecule has 5 saturated carbocycles. The van der Waals surface area contributed by atoms with Crippen LogP contribution >= 0.6 is 0 Å². The predicted molar refractivity (Wildman–Crippen MR) is 131 cm³/mol. The molecule has 0 aliphatic heterocycles. The Hall–Kier alpha value is -0.530. The van der Waals surface area contributed by atoms with Crippen LogP contribution in [0, 0.1) is 46.3 Å². The van der Waals surface area contributed by atoms with Crippen LogP contribution in [0.4, 0.5) is 0 Å². The molecule has 0 spiro atoms. The summed E-state index contributed by atoms with van der Waals surface area (Å²) in [6.45, 7) is 7.82. The average Bonchev–Trinajstić information content (AvgIpc) is 3.15. The highest BCUT2D eigenvalue weighted by Gasteiger charge is 2.60. The Labute approximate surface area is 198 Å². The van der Waals surface area contributed by atoms with Gasteiger partial charge in [-0.05, 0) is 130 Å². The Balaban J connectivity index is 1.19. The molecule has 0 N–H and O–H groups in total. The molecule has 0 heterocycles. The minimum absolute atomic E-state index is 0.0794. The first-order valence-corrected chi connectivity index (χ1v) is 14.6. The van der Waals surface area contributed by atoms with Crippen molar-refractivity contribution in [2.75, 3.05) is 0 Å². The van der Waals surface area contributed by atoms with Gasteiger partial charge in [-0.2, -0.15) is 0 Å². The van der Waals surface area contributed by atoms with Gasteiger partial charge in [0.15, 0.2) is 0 Å². The van der Waals surface area contributed by atoms with Crippen LogP contribution in [-0.2, 0) is 9.53 Å². The molecule has 5 aliphatic carbocycles. The molecule has 0 aromatic rings. The maximum absolute atomic E-state index is 12.5. The Morgan fingerprint density at radius 3 is 2.38 bits per heavy atom. The van der Waals surface area contributed by atoms with Gasteiger partial charge in [-0.3, -0.25) is 4.79 Å². The first-order valence-electron chi connectivity index (χ1n) is 14.6. The first-order chi connectivity index (χ1) is 15.4. The van der Waals surface area contributed by atoms with Crippen molar-refractivity contribution in [2.45, 2.75) is 136 Å². The van der Waals surface area contributed by atoms with Gasteiger partial charge in [-0.25, -0.2) is 0 Å². The minimum Gasteiger partial charge on any atom is -0.462 e. The molecule has 5 fully saturated rings. The summed E-state index contributed by atoms with van der Waals surface area (Å²) in [6, 6.07) is 0. The van der Waals surface area contributed by atoms with Gasteiger partial charge in [0.05, 0.1) is 0 Å².